The van der Waals surface area contributed by atoms with Gasteiger partial charge in [-0.1, -0.05) is 145 Å². The fourth-order valence-corrected chi connectivity index (χ4v) is 7.73. The van der Waals surface area contributed by atoms with E-state index in [1.165, 1.54) is 89.1 Å². The Morgan fingerprint density at radius 3 is 1.46 bits per heavy atom. The van der Waals surface area contributed by atoms with Crippen molar-refractivity contribution in [2.45, 2.75) is 110 Å². The topological polar surface area (TPSA) is 0 Å². The van der Waals surface area contributed by atoms with Crippen molar-refractivity contribution in [3.8, 4) is 0 Å². The molecule has 0 aliphatic heterocycles. The summed E-state index contributed by atoms with van der Waals surface area (Å²) in [5, 5.41) is 1.70. The SMILES string of the molecule is CCCCCCCC[Si](C)(CCCCCCCC)c1ccccc1. The van der Waals surface area contributed by atoms with E-state index in [9.17, 15) is 0 Å². The minimum atomic E-state index is -1.26. The molecule has 0 amide bonds. The predicted molar refractivity (Wildman–Crippen MR) is 114 cm³/mol. The van der Waals surface area contributed by atoms with Gasteiger partial charge in [-0.3, -0.25) is 0 Å². The van der Waals surface area contributed by atoms with Crippen molar-refractivity contribution >= 4 is 13.3 Å². The zero-order valence-electron chi connectivity index (χ0n) is 16.8. The van der Waals surface area contributed by atoms with Crippen LogP contribution in [0, 0.1) is 0 Å². The lowest BCUT2D eigenvalue weighted by molar-refractivity contribution is 0.615. The maximum Gasteiger partial charge on any atom is 0.0836 e. The molecule has 0 aromatic heterocycles. The van der Waals surface area contributed by atoms with E-state index in [1.807, 2.05) is 0 Å². The Kier molecular flexibility index (Phi) is 12.3. The van der Waals surface area contributed by atoms with Gasteiger partial charge in [-0.25, -0.2) is 0 Å². The van der Waals surface area contributed by atoms with E-state index in [1.54, 1.807) is 5.19 Å². The molecule has 0 aliphatic carbocycles. The van der Waals surface area contributed by atoms with Gasteiger partial charge < -0.3 is 0 Å². The van der Waals surface area contributed by atoms with Gasteiger partial charge in [0, 0.05) is 0 Å². The smallest absolute Gasteiger partial charge is 0.0654 e. The first-order chi connectivity index (χ1) is 11.7. The van der Waals surface area contributed by atoms with Crippen LogP contribution in [0.1, 0.15) is 90.9 Å². The highest BCUT2D eigenvalue weighted by molar-refractivity contribution is 6.90. The first-order valence-electron chi connectivity index (χ1n) is 10.8. The summed E-state index contributed by atoms with van der Waals surface area (Å²) < 4.78 is 0. The molecule has 0 saturated heterocycles. The van der Waals surface area contributed by atoms with Gasteiger partial charge in [-0.2, -0.15) is 0 Å². The second kappa shape index (κ2) is 13.7. The van der Waals surface area contributed by atoms with Crippen molar-refractivity contribution in [2.75, 3.05) is 0 Å². The third kappa shape index (κ3) is 9.06. The molecule has 0 bridgehead atoms. The van der Waals surface area contributed by atoms with Gasteiger partial charge in [0.25, 0.3) is 0 Å². The van der Waals surface area contributed by atoms with Crippen molar-refractivity contribution in [1.82, 2.24) is 0 Å². The van der Waals surface area contributed by atoms with Gasteiger partial charge in [0.05, 0.1) is 8.07 Å². The van der Waals surface area contributed by atoms with E-state index in [2.05, 4.69) is 50.7 Å². The quantitative estimate of drug-likeness (QED) is 0.225. The van der Waals surface area contributed by atoms with Crippen molar-refractivity contribution < 1.29 is 0 Å². The third-order valence-corrected chi connectivity index (χ3v) is 10.3. The Bertz CT molecular complexity index is 368. The molecule has 138 valence electrons. The molecule has 0 heterocycles. The van der Waals surface area contributed by atoms with Crippen LogP contribution in [0.25, 0.3) is 0 Å². The van der Waals surface area contributed by atoms with E-state index in [0.717, 1.165) is 0 Å². The molecule has 0 N–H and O–H groups in total. The van der Waals surface area contributed by atoms with Gasteiger partial charge in [0.1, 0.15) is 0 Å². The fraction of sp³-hybridized carbons (Fsp3) is 0.739. The molecule has 0 unspecified atom stereocenters. The molecule has 1 aromatic carbocycles. The van der Waals surface area contributed by atoms with E-state index in [0.29, 0.717) is 0 Å². The molecule has 0 nitrogen and oxygen atoms in total. The highest BCUT2D eigenvalue weighted by Gasteiger charge is 2.27. The molecular weight excluding hydrogens is 304 g/mol. The number of benzene rings is 1. The van der Waals surface area contributed by atoms with E-state index in [-0.39, 0.29) is 0 Å². The molecule has 1 heteroatoms. The molecule has 1 rings (SSSR count). The highest BCUT2D eigenvalue weighted by Crippen LogP contribution is 2.24. The zero-order chi connectivity index (χ0) is 17.5. The number of unbranched alkanes of at least 4 members (excludes halogenated alkanes) is 10. The normalized spacial score (nSPS) is 11.8. The van der Waals surface area contributed by atoms with Crippen LogP contribution in [0.5, 0.6) is 0 Å². The summed E-state index contributed by atoms with van der Waals surface area (Å²) in [6, 6.07) is 14.5. The van der Waals surface area contributed by atoms with Gasteiger partial charge in [-0.05, 0) is 0 Å². The van der Waals surface area contributed by atoms with Crippen LogP contribution in [-0.2, 0) is 0 Å². The summed E-state index contributed by atoms with van der Waals surface area (Å²) in [4.78, 5) is 0. The first-order valence-corrected chi connectivity index (χ1v) is 13.7. The van der Waals surface area contributed by atoms with Crippen molar-refractivity contribution in [3.63, 3.8) is 0 Å². The molecule has 24 heavy (non-hydrogen) atoms. The summed E-state index contributed by atoms with van der Waals surface area (Å²) >= 11 is 0. The minimum absolute atomic E-state index is 1.26. The summed E-state index contributed by atoms with van der Waals surface area (Å²) in [5.74, 6) is 0. The van der Waals surface area contributed by atoms with Gasteiger partial charge in [0.15, 0.2) is 0 Å². The molecule has 0 aliphatic rings. The largest absolute Gasteiger partial charge is 0.0836 e. The fourth-order valence-electron chi connectivity index (χ4n) is 3.85. The number of rotatable bonds is 15. The molecule has 0 fully saturated rings. The highest BCUT2D eigenvalue weighted by atomic mass is 28.3. The van der Waals surface area contributed by atoms with Gasteiger partial charge in [0.2, 0.25) is 0 Å². The number of hydrogen-bond acceptors (Lipinski definition) is 0. The van der Waals surface area contributed by atoms with Crippen molar-refractivity contribution in [2.24, 2.45) is 0 Å². The summed E-state index contributed by atoms with van der Waals surface area (Å²) in [6.07, 6.45) is 17.1. The van der Waals surface area contributed by atoms with E-state index >= 15 is 0 Å². The molecule has 0 spiro atoms. The number of hydrogen-bond donors (Lipinski definition) is 0. The molecule has 0 radical (unpaired) electrons. The summed E-state index contributed by atoms with van der Waals surface area (Å²) in [5.41, 5.74) is 0. The van der Waals surface area contributed by atoms with Crippen LogP contribution < -0.4 is 5.19 Å². The van der Waals surface area contributed by atoms with Crippen molar-refractivity contribution in [3.05, 3.63) is 30.3 Å². The maximum absolute atomic E-state index is 2.65. The van der Waals surface area contributed by atoms with Crippen LogP contribution in [0.3, 0.4) is 0 Å². The van der Waals surface area contributed by atoms with Crippen molar-refractivity contribution in [1.29, 1.82) is 0 Å². The Morgan fingerprint density at radius 2 is 1.00 bits per heavy atom. The lowest BCUT2D eigenvalue weighted by Crippen LogP contribution is -2.44. The minimum Gasteiger partial charge on any atom is -0.0654 e. The standard InChI is InChI=1S/C23H42Si/c1-4-6-8-10-12-17-21-24(3,23-19-15-14-16-20-23)22-18-13-11-9-7-5-2/h14-16,19-20H,4-13,17-18,21-22H2,1-3H3. The van der Waals surface area contributed by atoms with Crippen LogP contribution in [-0.4, -0.2) is 8.07 Å². The summed E-state index contributed by atoms with van der Waals surface area (Å²) in [6.45, 7) is 7.26. The zero-order valence-corrected chi connectivity index (χ0v) is 17.8. The van der Waals surface area contributed by atoms with E-state index in [4.69, 9.17) is 0 Å². The Balaban J connectivity index is 2.42. The van der Waals surface area contributed by atoms with Gasteiger partial charge in [-0.15, -0.1) is 0 Å². The first kappa shape index (κ1) is 21.5. The lowest BCUT2D eigenvalue weighted by Gasteiger charge is -2.28. The average molecular weight is 347 g/mol. The second-order valence-electron chi connectivity index (χ2n) is 7.96. The molecule has 0 saturated carbocycles. The van der Waals surface area contributed by atoms with Crippen LogP contribution in [0.15, 0.2) is 30.3 Å². The Labute approximate surface area is 153 Å². The lowest BCUT2D eigenvalue weighted by atomic mass is 10.1. The predicted octanol–water partition coefficient (Wildman–Crippen LogP) is 7.69. The Morgan fingerprint density at radius 1 is 0.583 bits per heavy atom. The van der Waals surface area contributed by atoms with Crippen LogP contribution in [0.4, 0.5) is 0 Å². The molecule has 1 aromatic rings. The van der Waals surface area contributed by atoms with E-state index < -0.39 is 8.07 Å². The molecule has 0 atom stereocenters. The second-order valence-corrected chi connectivity index (χ2v) is 12.7. The van der Waals surface area contributed by atoms with Crippen LogP contribution >= 0.6 is 0 Å². The summed E-state index contributed by atoms with van der Waals surface area (Å²) in [7, 11) is -1.26. The third-order valence-electron chi connectivity index (χ3n) is 5.63. The Hall–Kier alpha value is -0.563. The monoisotopic (exact) mass is 346 g/mol. The van der Waals surface area contributed by atoms with Gasteiger partial charge >= 0.3 is 0 Å². The van der Waals surface area contributed by atoms with Crippen LogP contribution in [0.2, 0.25) is 18.6 Å². The average Bonchev–Trinajstić information content (AvgIpc) is 2.62. The molecular formula is C23H42Si. The maximum atomic E-state index is 2.65.